The number of anilines is 2. The summed E-state index contributed by atoms with van der Waals surface area (Å²) in [7, 11) is 0. The van der Waals surface area contributed by atoms with Crippen molar-refractivity contribution >= 4 is 46.1 Å². The molecule has 0 saturated carbocycles. The van der Waals surface area contributed by atoms with Crippen LogP contribution in [-0.4, -0.2) is 31.6 Å². The van der Waals surface area contributed by atoms with Crippen molar-refractivity contribution in [3.05, 3.63) is 112 Å². The summed E-state index contributed by atoms with van der Waals surface area (Å²) in [4.78, 5) is 41.4. The molecule has 16 nitrogen and oxygen atoms in total. The molecule has 0 aliphatic heterocycles. The molecular weight excluding hydrogens is 492 g/mol. The number of hydrogen-bond donors (Lipinski definition) is 2. The van der Waals surface area contributed by atoms with Crippen LogP contribution in [0.25, 0.3) is 0 Å². The lowest BCUT2D eigenvalue weighted by molar-refractivity contribution is -0.393. The van der Waals surface area contributed by atoms with Gasteiger partial charge in [-0.2, -0.15) is 10.2 Å². The van der Waals surface area contributed by atoms with Crippen LogP contribution >= 0.6 is 0 Å². The molecule has 3 aromatic carbocycles. The van der Waals surface area contributed by atoms with Gasteiger partial charge in [0.05, 0.1) is 38.0 Å². The van der Waals surface area contributed by atoms with E-state index in [1.165, 1.54) is 6.21 Å². The highest BCUT2D eigenvalue weighted by Gasteiger charge is 2.20. The van der Waals surface area contributed by atoms with Crippen LogP contribution in [0.4, 0.5) is 34.1 Å². The van der Waals surface area contributed by atoms with Crippen molar-refractivity contribution in [2.24, 2.45) is 10.2 Å². The molecule has 0 heterocycles. The van der Waals surface area contributed by atoms with E-state index in [0.29, 0.717) is 5.56 Å². The fourth-order valence-corrected chi connectivity index (χ4v) is 2.93. The lowest BCUT2D eigenvalue weighted by Gasteiger charge is -2.06. The second-order valence-electron chi connectivity index (χ2n) is 7.28. The van der Waals surface area contributed by atoms with Crippen molar-refractivity contribution < 1.29 is 19.7 Å². The summed E-state index contributed by atoms with van der Waals surface area (Å²) in [6.07, 6.45) is 1.17. The Morgan fingerprint density at radius 2 is 1.19 bits per heavy atom. The SMILES string of the molecule is Cc1ccc(C(/C=N/Nc2ccc([N+](=O)[O-])cc2[N+](=O)[O-])=N/Nc2ccc([N+](=O)[O-])cc2[N+](=O)[O-])cc1. The summed E-state index contributed by atoms with van der Waals surface area (Å²) < 4.78 is 0. The third-order valence-corrected chi connectivity index (χ3v) is 4.79. The van der Waals surface area contributed by atoms with Crippen molar-refractivity contribution in [1.82, 2.24) is 0 Å². The Morgan fingerprint density at radius 3 is 1.65 bits per heavy atom. The van der Waals surface area contributed by atoms with Crippen LogP contribution in [0.3, 0.4) is 0 Å². The number of nitro benzene ring substituents is 4. The predicted octanol–water partition coefficient (Wildman–Crippen LogP) is 4.54. The van der Waals surface area contributed by atoms with Gasteiger partial charge in [-0.25, -0.2) is 0 Å². The van der Waals surface area contributed by atoms with Gasteiger partial charge in [0.1, 0.15) is 17.1 Å². The van der Waals surface area contributed by atoms with Crippen LogP contribution in [0.5, 0.6) is 0 Å². The highest BCUT2D eigenvalue weighted by molar-refractivity contribution is 6.38. The molecule has 0 unspecified atom stereocenters. The Morgan fingerprint density at radius 1 is 0.703 bits per heavy atom. The highest BCUT2D eigenvalue weighted by atomic mass is 16.6. The molecule has 3 rings (SSSR count). The maximum Gasteiger partial charge on any atom is 0.301 e. The number of non-ortho nitro benzene ring substituents is 2. The van der Waals surface area contributed by atoms with E-state index in [1.54, 1.807) is 24.3 Å². The zero-order valence-electron chi connectivity index (χ0n) is 18.8. The van der Waals surface area contributed by atoms with Crippen LogP contribution in [0.15, 0.2) is 70.9 Å². The molecule has 0 spiro atoms. The molecule has 0 radical (unpaired) electrons. The van der Waals surface area contributed by atoms with Gasteiger partial charge in [0.25, 0.3) is 11.4 Å². The van der Waals surface area contributed by atoms with E-state index >= 15 is 0 Å². The van der Waals surface area contributed by atoms with E-state index in [4.69, 9.17) is 0 Å². The van der Waals surface area contributed by atoms with Gasteiger partial charge in [-0.05, 0) is 19.1 Å². The molecule has 2 N–H and O–H groups in total. The fourth-order valence-electron chi connectivity index (χ4n) is 2.93. The molecule has 16 heteroatoms. The van der Waals surface area contributed by atoms with Gasteiger partial charge < -0.3 is 0 Å². The van der Waals surface area contributed by atoms with Crippen molar-refractivity contribution in [1.29, 1.82) is 0 Å². The van der Waals surface area contributed by atoms with Gasteiger partial charge in [0.15, 0.2) is 0 Å². The Kier molecular flexibility index (Phi) is 7.73. The van der Waals surface area contributed by atoms with Gasteiger partial charge in [0.2, 0.25) is 0 Å². The van der Waals surface area contributed by atoms with E-state index in [-0.39, 0.29) is 17.1 Å². The molecule has 37 heavy (non-hydrogen) atoms. The summed E-state index contributed by atoms with van der Waals surface area (Å²) >= 11 is 0. The minimum atomic E-state index is -0.810. The second-order valence-corrected chi connectivity index (χ2v) is 7.28. The molecule has 188 valence electrons. The smallest absolute Gasteiger partial charge is 0.272 e. The number of benzene rings is 3. The second kappa shape index (κ2) is 11.1. The normalized spacial score (nSPS) is 11.2. The maximum atomic E-state index is 11.4. The molecule has 3 aromatic rings. The molecule has 0 amide bonds. The first-order valence-corrected chi connectivity index (χ1v) is 10.1. The molecule has 0 aliphatic carbocycles. The number of hydrogen-bond acceptors (Lipinski definition) is 12. The highest BCUT2D eigenvalue weighted by Crippen LogP contribution is 2.30. The third-order valence-electron chi connectivity index (χ3n) is 4.79. The van der Waals surface area contributed by atoms with Crippen LogP contribution in [0, 0.1) is 47.4 Å². The standard InChI is InChI=1S/C21H16N8O8/c1-13-2-4-14(5-3-13)19(25-24-18-9-7-16(27(32)33)11-21(18)29(36)37)12-22-23-17-8-6-15(26(30)31)10-20(17)28(34)35/h2-12,23-24H,1H3/b22-12+,25-19+. The molecule has 0 aliphatic rings. The Balaban J connectivity index is 1.95. The minimum Gasteiger partial charge on any atom is -0.272 e. The molecular formula is C21H16N8O8. The minimum absolute atomic E-state index is 0.129. The molecule has 0 aromatic heterocycles. The number of nitrogens with zero attached hydrogens (tertiary/aromatic N) is 6. The fraction of sp³-hybridized carbons (Fsp3) is 0.0476. The van der Waals surface area contributed by atoms with E-state index in [2.05, 4.69) is 21.1 Å². The predicted molar refractivity (Wildman–Crippen MR) is 133 cm³/mol. The number of nitro groups is 4. The Bertz CT molecular complexity index is 1450. The summed E-state index contributed by atoms with van der Waals surface area (Å²) in [6, 6.07) is 12.8. The van der Waals surface area contributed by atoms with Gasteiger partial charge in [0, 0.05) is 17.7 Å². The average molecular weight is 508 g/mol. The summed E-state index contributed by atoms with van der Waals surface area (Å²) in [5, 5.41) is 52.6. The molecule has 0 fully saturated rings. The van der Waals surface area contributed by atoms with Gasteiger partial charge in [-0.15, -0.1) is 0 Å². The Hall–Kier alpha value is -5.80. The van der Waals surface area contributed by atoms with Crippen LogP contribution in [0.2, 0.25) is 0 Å². The number of hydrazone groups is 2. The first-order valence-electron chi connectivity index (χ1n) is 10.1. The largest absolute Gasteiger partial charge is 0.301 e. The average Bonchev–Trinajstić information content (AvgIpc) is 2.86. The van der Waals surface area contributed by atoms with Gasteiger partial charge in [-0.3, -0.25) is 51.3 Å². The van der Waals surface area contributed by atoms with Crippen LogP contribution < -0.4 is 10.9 Å². The van der Waals surface area contributed by atoms with Gasteiger partial charge in [-0.1, -0.05) is 29.8 Å². The summed E-state index contributed by atoms with van der Waals surface area (Å²) in [6.45, 7) is 1.85. The van der Waals surface area contributed by atoms with E-state index in [9.17, 15) is 40.5 Å². The quantitative estimate of drug-likeness (QED) is 0.221. The summed E-state index contributed by atoms with van der Waals surface area (Å²) in [5.41, 5.74) is 4.11. The Labute approximate surface area is 206 Å². The lowest BCUT2D eigenvalue weighted by Crippen LogP contribution is -2.09. The van der Waals surface area contributed by atoms with E-state index in [1.807, 2.05) is 6.92 Å². The topological polar surface area (TPSA) is 221 Å². The summed E-state index contributed by atoms with van der Waals surface area (Å²) in [5.74, 6) is 0. The number of rotatable bonds is 10. The van der Waals surface area contributed by atoms with Crippen molar-refractivity contribution in [2.75, 3.05) is 10.9 Å². The zero-order valence-corrected chi connectivity index (χ0v) is 18.8. The third kappa shape index (κ3) is 6.41. The monoisotopic (exact) mass is 508 g/mol. The van der Waals surface area contributed by atoms with Gasteiger partial charge >= 0.3 is 11.4 Å². The first-order chi connectivity index (χ1) is 17.6. The van der Waals surface area contributed by atoms with Crippen molar-refractivity contribution in [3.8, 4) is 0 Å². The van der Waals surface area contributed by atoms with Crippen molar-refractivity contribution in [2.45, 2.75) is 6.92 Å². The van der Waals surface area contributed by atoms with Crippen molar-refractivity contribution in [3.63, 3.8) is 0 Å². The van der Waals surface area contributed by atoms with Crippen LogP contribution in [0.1, 0.15) is 11.1 Å². The lowest BCUT2D eigenvalue weighted by atomic mass is 10.1. The molecule has 0 saturated heterocycles. The molecule has 0 atom stereocenters. The number of aryl methyl sites for hydroxylation is 1. The first kappa shape index (κ1) is 25.8. The molecule has 0 bridgehead atoms. The van der Waals surface area contributed by atoms with Crippen LogP contribution in [-0.2, 0) is 0 Å². The zero-order chi connectivity index (χ0) is 27.1. The van der Waals surface area contributed by atoms with E-state index in [0.717, 1.165) is 42.0 Å². The number of nitrogens with one attached hydrogen (secondary N) is 2. The van der Waals surface area contributed by atoms with E-state index < -0.39 is 42.4 Å². The maximum absolute atomic E-state index is 11.4.